The minimum atomic E-state index is -2.47. The Hall–Kier alpha value is -2.54. The summed E-state index contributed by atoms with van der Waals surface area (Å²) in [5.41, 5.74) is 1.21. The molecule has 0 saturated heterocycles. The number of anilines is 1. The first kappa shape index (κ1) is 18.8. The Labute approximate surface area is 148 Å². The van der Waals surface area contributed by atoms with E-state index in [2.05, 4.69) is 5.32 Å². The van der Waals surface area contributed by atoms with Gasteiger partial charge < -0.3 is 14.8 Å². The minimum Gasteiger partial charge on any atom is -0.497 e. The highest BCUT2D eigenvalue weighted by Crippen LogP contribution is 2.27. The van der Waals surface area contributed by atoms with Crippen molar-refractivity contribution >= 4 is 29.4 Å². The van der Waals surface area contributed by atoms with E-state index in [0.29, 0.717) is 39.4 Å². The highest BCUT2D eigenvalue weighted by Gasteiger charge is 2.06. The number of hydrogen-bond donors (Lipinski definition) is 1. The average Bonchev–Trinajstić information content (AvgIpc) is 2.61. The molecule has 1 amide bonds. The second-order valence-corrected chi connectivity index (χ2v) is 5.90. The third-order valence-electron chi connectivity index (χ3n) is 3.20. The number of ether oxygens (including phenoxy) is 2. The fraction of sp³-hybridized carbons (Fsp3) is 0.167. The first-order chi connectivity index (χ1) is 12.0. The summed E-state index contributed by atoms with van der Waals surface area (Å²) in [5, 5.41) is 2.66. The van der Waals surface area contributed by atoms with Gasteiger partial charge >= 0.3 is 0 Å². The quantitative estimate of drug-likeness (QED) is 0.572. The molecule has 0 spiro atoms. The van der Waals surface area contributed by atoms with Gasteiger partial charge in [0.05, 0.1) is 14.2 Å². The molecular weight excluding hydrogens is 348 g/mol. The first-order valence-corrected chi connectivity index (χ1v) is 8.15. The van der Waals surface area contributed by atoms with Crippen LogP contribution < -0.4 is 14.8 Å². The van der Waals surface area contributed by atoms with Gasteiger partial charge in [-0.1, -0.05) is 11.8 Å². The fourth-order valence-corrected chi connectivity index (χ4v) is 2.54. The summed E-state index contributed by atoms with van der Waals surface area (Å²) in [4.78, 5) is 12.4. The predicted octanol–water partition coefficient (Wildman–Crippen LogP) is 4.67. The molecule has 7 heteroatoms. The molecule has 0 heterocycles. The van der Waals surface area contributed by atoms with Crippen LogP contribution in [0.1, 0.15) is 5.56 Å². The van der Waals surface area contributed by atoms with Crippen molar-refractivity contribution in [2.24, 2.45) is 0 Å². The molecule has 0 unspecified atom stereocenters. The van der Waals surface area contributed by atoms with Gasteiger partial charge in [0.25, 0.3) is 5.76 Å². The van der Waals surface area contributed by atoms with Crippen molar-refractivity contribution in [2.75, 3.05) is 19.5 Å². The lowest BCUT2D eigenvalue weighted by molar-refractivity contribution is -0.111. The van der Waals surface area contributed by atoms with Crippen molar-refractivity contribution in [3.05, 3.63) is 54.1 Å². The molecule has 0 fully saturated rings. The van der Waals surface area contributed by atoms with Crippen molar-refractivity contribution in [2.45, 2.75) is 10.7 Å². The van der Waals surface area contributed by atoms with Gasteiger partial charge in [0.2, 0.25) is 5.91 Å². The molecule has 4 nitrogen and oxygen atoms in total. The van der Waals surface area contributed by atoms with Crippen molar-refractivity contribution in [3.63, 3.8) is 0 Å². The second kappa shape index (κ2) is 9.08. The fourth-order valence-electron chi connectivity index (χ4n) is 2.04. The van der Waals surface area contributed by atoms with Crippen LogP contribution >= 0.6 is 11.8 Å². The summed E-state index contributed by atoms with van der Waals surface area (Å²) < 4.78 is 34.9. The van der Waals surface area contributed by atoms with Gasteiger partial charge in [-0.15, -0.1) is 0 Å². The number of halogens is 2. The molecule has 1 N–H and O–H groups in total. The van der Waals surface area contributed by atoms with Gasteiger partial charge in [0.15, 0.2) is 0 Å². The molecule has 0 aromatic heterocycles. The molecule has 0 aliphatic carbocycles. The van der Waals surface area contributed by atoms with Gasteiger partial charge in [-0.25, -0.2) is 0 Å². The zero-order valence-electron chi connectivity index (χ0n) is 13.7. The van der Waals surface area contributed by atoms with Gasteiger partial charge in [0.1, 0.15) is 11.5 Å². The van der Waals surface area contributed by atoms with E-state index in [4.69, 9.17) is 9.47 Å². The zero-order valence-corrected chi connectivity index (χ0v) is 14.5. The van der Waals surface area contributed by atoms with E-state index in [9.17, 15) is 13.6 Å². The summed E-state index contributed by atoms with van der Waals surface area (Å²) in [6, 6.07) is 11.5. The number of nitrogens with one attached hydrogen (secondary N) is 1. The third kappa shape index (κ3) is 5.79. The van der Waals surface area contributed by atoms with Crippen molar-refractivity contribution in [1.82, 2.24) is 0 Å². The minimum absolute atomic E-state index is 0.348. The number of carbonyl (C=O) groups is 1. The molecule has 0 aliphatic rings. The summed E-state index contributed by atoms with van der Waals surface area (Å²) in [5.74, 6) is -1.56. The Morgan fingerprint density at radius 3 is 2.44 bits per heavy atom. The smallest absolute Gasteiger partial charge is 0.288 e. The van der Waals surface area contributed by atoms with Crippen molar-refractivity contribution in [1.29, 1.82) is 0 Å². The molecule has 0 aliphatic heterocycles. The van der Waals surface area contributed by atoms with E-state index in [0.717, 1.165) is 0 Å². The van der Waals surface area contributed by atoms with E-state index < -0.39 is 5.76 Å². The molecule has 132 valence electrons. The summed E-state index contributed by atoms with van der Waals surface area (Å²) in [6.45, 7) is 0. The highest BCUT2D eigenvalue weighted by molar-refractivity contribution is 7.99. The van der Waals surface area contributed by atoms with Gasteiger partial charge in [-0.05, 0) is 48.5 Å². The van der Waals surface area contributed by atoms with Crippen LogP contribution in [-0.2, 0) is 4.79 Å². The van der Waals surface area contributed by atoms with E-state index in [-0.39, 0.29) is 5.91 Å². The number of amides is 1. The first-order valence-electron chi connectivity index (χ1n) is 7.28. The van der Waals surface area contributed by atoms with Gasteiger partial charge in [-0.2, -0.15) is 8.78 Å². The van der Waals surface area contributed by atoms with Gasteiger partial charge in [-0.3, -0.25) is 4.79 Å². The Bertz CT molecular complexity index is 748. The predicted molar refractivity (Wildman–Crippen MR) is 95.5 cm³/mol. The number of hydrogen-bond acceptors (Lipinski definition) is 4. The van der Waals surface area contributed by atoms with Crippen LogP contribution in [0.15, 0.2) is 53.4 Å². The zero-order chi connectivity index (χ0) is 18.2. The van der Waals surface area contributed by atoms with Crippen LogP contribution in [0.25, 0.3) is 6.08 Å². The normalized spacial score (nSPS) is 10.9. The molecule has 2 aromatic carbocycles. The molecule has 0 saturated carbocycles. The van der Waals surface area contributed by atoms with Crippen LogP contribution in [0.4, 0.5) is 14.5 Å². The summed E-state index contributed by atoms with van der Waals surface area (Å²) >= 11 is 0.455. The number of benzene rings is 2. The van der Waals surface area contributed by atoms with Crippen molar-refractivity contribution < 1.29 is 23.0 Å². The maximum Gasteiger partial charge on any atom is 0.288 e. The lowest BCUT2D eigenvalue weighted by Crippen LogP contribution is -2.07. The lowest BCUT2D eigenvalue weighted by atomic mass is 10.1. The Balaban J connectivity index is 2.03. The molecular formula is C18H17F2NO3S. The van der Waals surface area contributed by atoms with E-state index in [1.165, 1.54) is 25.3 Å². The van der Waals surface area contributed by atoms with Gasteiger partial charge in [0, 0.05) is 22.2 Å². The number of alkyl halides is 2. The number of carbonyl (C=O) groups excluding carboxylic acids is 1. The van der Waals surface area contributed by atoms with E-state index in [1.807, 2.05) is 0 Å². The molecule has 0 bridgehead atoms. The largest absolute Gasteiger partial charge is 0.497 e. The van der Waals surface area contributed by atoms with Crippen LogP contribution in [0.5, 0.6) is 11.5 Å². The van der Waals surface area contributed by atoms with Crippen LogP contribution in [0, 0.1) is 0 Å². The monoisotopic (exact) mass is 365 g/mol. The van der Waals surface area contributed by atoms with Crippen LogP contribution in [0.2, 0.25) is 0 Å². The molecule has 0 radical (unpaired) electrons. The number of thioether (sulfide) groups is 1. The molecule has 2 rings (SSSR count). The number of methoxy groups -OCH3 is 2. The number of rotatable bonds is 7. The second-order valence-electron chi connectivity index (χ2n) is 4.83. The SMILES string of the molecule is COc1ccc(OC)c(/C=C/C(=O)Nc2ccc(SC(F)F)cc2)c1. The Morgan fingerprint density at radius 2 is 1.84 bits per heavy atom. The lowest BCUT2D eigenvalue weighted by Gasteiger charge is -2.07. The van der Waals surface area contributed by atoms with Crippen LogP contribution in [-0.4, -0.2) is 25.9 Å². The maximum absolute atomic E-state index is 12.3. The molecule has 0 atom stereocenters. The van der Waals surface area contributed by atoms with Crippen LogP contribution in [0.3, 0.4) is 0 Å². The Kier molecular flexibility index (Phi) is 6.82. The topological polar surface area (TPSA) is 47.6 Å². The van der Waals surface area contributed by atoms with Crippen molar-refractivity contribution in [3.8, 4) is 11.5 Å². The maximum atomic E-state index is 12.3. The Morgan fingerprint density at radius 1 is 1.12 bits per heavy atom. The summed E-state index contributed by atoms with van der Waals surface area (Å²) in [6.07, 6.45) is 2.97. The average molecular weight is 365 g/mol. The summed E-state index contributed by atoms with van der Waals surface area (Å²) in [7, 11) is 3.09. The standard InChI is InChI=1S/C18H17F2NO3S/c1-23-14-6-9-16(24-2)12(11-14)3-10-17(22)21-13-4-7-15(8-5-13)25-18(19)20/h3-11,18H,1-2H3,(H,21,22)/b10-3+. The van der Waals surface area contributed by atoms with E-state index >= 15 is 0 Å². The molecule has 25 heavy (non-hydrogen) atoms. The molecule has 2 aromatic rings. The third-order valence-corrected chi connectivity index (χ3v) is 3.92. The highest BCUT2D eigenvalue weighted by atomic mass is 32.2. The van der Waals surface area contributed by atoms with E-state index in [1.54, 1.807) is 43.5 Å².